The lowest BCUT2D eigenvalue weighted by Crippen LogP contribution is -2.30. The van der Waals surface area contributed by atoms with Crippen molar-refractivity contribution < 1.29 is 9.90 Å². The van der Waals surface area contributed by atoms with Crippen LogP contribution in [-0.4, -0.2) is 35.6 Å². The molecule has 0 saturated heterocycles. The first-order valence-corrected chi connectivity index (χ1v) is 6.13. The van der Waals surface area contributed by atoms with Crippen LogP contribution in [0.4, 0.5) is 0 Å². The van der Waals surface area contributed by atoms with Gasteiger partial charge in [-0.15, -0.1) is 0 Å². The summed E-state index contributed by atoms with van der Waals surface area (Å²) in [6.45, 7) is 7.08. The fourth-order valence-corrected chi connectivity index (χ4v) is 1.81. The van der Waals surface area contributed by atoms with Gasteiger partial charge >= 0.3 is 0 Å². The molecule has 0 atom stereocenters. The van der Waals surface area contributed by atoms with E-state index in [1.54, 1.807) is 11.0 Å². The van der Waals surface area contributed by atoms with Crippen molar-refractivity contribution in [2.75, 3.05) is 19.7 Å². The monoisotopic (exact) mass is 245 g/mol. The third-order valence-corrected chi connectivity index (χ3v) is 2.69. The van der Waals surface area contributed by atoms with E-state index in [0.29, 0.717) is 18.7 Å². The molecule has 0 aliphatic rings. The lowest BCUT2D eigenvalue weighted by atomic mass is 10.1. The molecule has 1 aromatic rings. The van der Waals surface area contributed by atoms with Crippen LogP contribution >= 0.6 is 0 Å². The second-order valence-electron chi connectivity index (χ2n) is 4.03. The molecule has 0 fully saturated rings. The predicted octanol–water partition coefficient (Wildman–Crippen LogP) is 1.82. The summed E-state index contributed by atoms with van der Waals surface area (Å²) in [6, 6.07) is 5.54. The van der Waals surface area contributed by atoms with Crippen LogP contribution in [0.3, 0.4) is 0 Å². The molecule has 96 valence electrons. The minimum absolute atomic E-state index is 0.0238. The normalized spacial score (nSPS) is 9.56. The first kappa shape index (κ1) is 14.3. The van der Waals surface area contributed by atoms with Crippen molar-refractivity contribution in [3.8, 4) is 11.8 Å². The van der Waals surface area contributed by atoms with Gasteiger partial charge < -0.3 is 10.0 Å². The summed E-state index contributed by atoms with van der Waals surface area (Å²) in [4.78, 5) is 14.0. The maximum absolute atomic E-state index is 12.2. The van der Waals surface area contributed by atoms with Crippen LogP contribution < -0.4 is 0 Å². The summed E-state index contributed by atoms with van der Waals surface area (Å²) in [5, 5.41) is 8.69. The Hall–Kier alpha value is -1.79. The summed E-state index contributed by atoms with van der Waals surface area (Å²) in [5.41, 5.74) is 2.41. The van der Waals surface area contributed by atoms with Crippen LogP contribution in [0.5, 0.6) is 0 Å². The van der Waals surface area contributed by atoms with Crippen LogP contribution in [0.15, 0.2) is 18.2 Å². The van der Waals surface area contributed by atoms with Gasteiger partial charge in [0.05, 0.1) is 0 Å². The van der Waals surface area contributed by atoms with E-state index in [4.69, 9.17) is 5.11 Å². The van der Waals surface area contributed by atoms with Crippen molar-refractivity contribution in [2.24, 2.45) is 0 Å². The number of aliphatic hydroxyl groups is 1. The molecule has 0 radical (unpaired) electrons. The van der Waals surface area contributed by atoms with E-state index in [1.807, 2.05) is 32.9 Å². The zero-order chi connectivity index (χ0) is 13.5. The molecule has 1 amide bonds. The minimum Gasteiger partial charge on any atom is -0.384 e. The van der Waals surface area contributed by atoms with Crippen LogP contribution in [-0.2, 0) is 0 Å². The summed E-state index contributed by atoms with van der Waals surface area (Å²) >= 11 is 0. The third-order valence-electron chi connectivity index (χ3n) is 2.69. The van der Waals surface area contributed by atoms with Crippen molar-refractivity contribution in [1.82, 2.24) is 4.90 Å². The highest BCUT2D eigenvalue weighted by Crippen LogP contribution is 2.11. The summed E-state index contributed by atoms with van der Waals surface area (Å²) < 4.78 is 0. The SMILES string of the molecule is CCN(CC)C(=O)c1cc(C)cc(C#CCO)c1. The van der Waals surface area contributed by atoms with Crippen LogP contribution in [0.1, 0.15) is 35.3 Å². The van der Waals surface area contributed by atoms with E-state index in [2.05, 4.69) is 11.8 Å². The second kappa shape index (κ2) is 6.83. The molecule has 0 heterocycles. The van der Waals surface area contributed by atoms with E-state index < -0.39 is 0 Å². The number of hydrogen-bond acceptors (Lipinski definition) is 2. The van der Waals surface area contributed by atoms with E-state index in [1.165, 1.54) is 0 Å². The van der Waals surface area contributed by atoms with E-state index in [9.17, 15) is 4.79 Å². The Balaban J connectivity index is 3.09. The van der Waals surface area contributed by atoms with Gasteiger partial charge in [0, 0.05) is 24.2 Å². The number of aryl methyl sites for hydroxylation is 1. The van der Waals surface area contributed by atoms with Gasteiger partial charge in [0.15, 0.2) is 0 Å². The maximum Gasteiger partial charge on any atom is 0.253 e. The number of aliphatic hydroxyl groups excluding tert-OH is 1. The van der Waals surface area contributed by atoms with E-state index >= 15 is 0 Å². The highest BCUT2D eigenvalue weighted by Gasteiger charge is 2.12. The Kier molecular flexibility index (Phi) is 5.41. The number of hydrogen-bond donors (Lipinski definition) is 1. The number of rotatable bonds is 3. The molecule has 0 aliphatic heterocycles. The van der Waals surface area contributed by atoms with Gasteiger partial charge in [0.25, 0.3) is 5.91 Å². The molecular weight excluding hydrogens is 226 g/mol. The molecule has 1 N–H and O–H groups in total. The largest absolute Gasteiger partial charge is 0.384 e. The molecule has 0 spiro atoms. The Labute approximate surface area is 108 Å². The molecule has 3 heteroatoms. The van der Waals surface area contributed by atoms with Crippen molar-refractivity contribution in [2.45, 2.75) is 20.8 Å². The zero-order valence-corrected chi connectivity index (χ0v) is 11.2. The Morgan fingerprint density at radius 3 is 2.50 bits per heavy atom. The molecular formula is C15H19NO2. The molecule has 0 unspecified atom stereocenters. The minimum atomic E-state index is -0.173. The number of benzene rings is 1. The average molecular weight is 245 g/mol. The Morgan fingerprint density at radius 1 is 1.28 bits per heavy atom. The first-order chi connectivity index (χ1) is 8.62. The van der Waals surface area contributed by atoms with Gasteiger partial charge in [-0.2, -0.15) is 0 Å². The smallest absolute Gasteiger partial charge is 0.253 e. The lowest BCUT2D eigenvalue weighted by molar-refractivity contribution is 0.0773. The molecule has 0 aliphatic carbocycles. The molecule has 0 aromatic heterocycles. The molecule has 1 aromatic carbocycles. The van der Waals surface area contributed by atoms with Gasteiger partial charge in [-0.25, -0.2) is 0 Å². The first-order valence-electron chi connectivity index (χ1n) is 6.13. The summed E-state index contributed by atoms with van der Waals surface area (Å²) in [6.07, 6.45) is 0. The van der Waals surface area contributed by atoms with Gasteiger partial charge in [0.2, 0.25) is 0 Å². The van der Waals surface area contributed by atoms with Crippen LogP contribution in [0.2, 0.25) is 0 Å². The van der Waals surface area contributed by atoms with E-state index in [-0.39, 0.29) is 12.5 Å². The molecule has 3 nitrogen and oxygen atoms in total. The average Bonchev–Trinajstić information content (AvgIpc) is 2.37. The fourth-order valence-electron chi connectivity index (χ4n) is 1.81. The molecule has 18 heavy (non-hydrogen) atoms. The van der Waals surface area contributed by atoms with Gasteiger partial charge in [-0.3, -0.25) is 4.79 Å². The van der Waals surface area contributed by atoms with Crippen molar-refractivity contribution in [3.63, 3.8) is 0 Å². The quantitative estimate of drug-likeness (QED) is 0.825. The molecule has 0 saturated carbocycles. The van der Waals surface area contributed by atoms with Gasteiger partial charge in [0.1, 0.15) is 6.61 Å². The lowest BCUT2D eigenvalue weighted by Gasteiger charge is -2.19. The number of amides is 1. The number of nitrogens with zero attached hydrogens (tertiary/aromatic N) is 1. The summed E-state index contributed by atoms with van der Waals surface area (Å²) in [5.74, 6) is 5.45. The van der Waals surface area contributed by atoms with Crippen molar-refractivity contribution >= 4 is 5.91 Å². The fraction of sp³-hybridized carbons (Fsp3) is 0.400. The molecule has 0 bridgehead atoms. The van der Waals surface area contributed by atoms with Gasteiger partial charge in [-0.1, -0.05) is 11.8 Å². The Morgan fingerprint density at radius 2 is 1.94 bits per heavy atom. The number of carbonyl (C=O) groups is 1. The zero-order valence-electron chi connectivity index (χ0n) is 11.2. The van der Waals surface area contributed by atoms with Crippen molar-refractivity contribution in [3.05, 3.63) is 34.9 Å². The van der Waals surface area contributed by atoms with Gasteiger partial charge in [-0.05, 0) is 44.5 Å². The highest BCUT2D eigenvalue weighted by molar-refractivity contribution is 5.94. The summed E-state index contributed by atoms with van der Waals surface area (Å²) in [7, 11) is 0. The van der Waals surface area contributed by atoms with Crippen LogP contribution in [0.25, 0.3) is 0 Å². The topological polar surface area (TPSA) is 40.5 Å². The van der Waals surface area contributed by atoms with E-state index in [0.717, 1.165) is 11.1 Å². The second-order valence-corrected chi connectivity index (χ2v) is 4.03. The molecule has 1 rings (SSSR count). The third kappa shape index (κ3) is 3.61. The Bertz CT molecular complexity index is 479. The van der Waals surface area contributed by atoms with Crippen molar-refractivity contribution in [1.29, 1.82) is 0 Å². The van der Waals surface area contributed by atoms with Crippen LogP contribution in [0, 0.1) is 18.8 Å². The highest BCUT2D eigenvalue weighted by atomic mass is 16.2. The maximum atomic E-state index is 12.2. The predicted molar refractivity (Wildman–Crippen MR) is 72.4 cm³/mol. The number of carbonyl (C=O) groups excluding carboxylic acids is 1. The standard InChI is InChI=1S/C15H19NO2/c1-4-16(5-2)15(18)14-10-12(3)9-13(11-14)7-6-8-17/h9-11,17H,4-5,8H2,1-3H3.